The van der Waals surface area contributed by atoms with E-state index in [2.05, 4.69) is 17.2 Å². The summed E-state index contributed by atoms with van der Waals surface area (Å²) in [6.07, 6.45) is 1.26. The smallest absolute Gasteiger partial charge is 0.262 e. The molecule has 0 unspecified atom stereocenters. The van der Waals surface area contributed by atoms with Gasteiger partial charge in [0.05, 0.1) is 21.9 Å². The fourth-order valence-corrected chi connectivity index (χ4v) is 8.01. The van der Waals surface area contributed by atoms with Crippen molar-refractivity contribution in [2.24, 2.45) is 5.41 Å². The number of hydrogen-bond donors (Lipinski definition) is 2. The third kappa shape index (κ3) is 5.32. The summed E-state index contributed by atoms with van der Waals surface area (Å²) >= 11 is 0. The summed E-state index contributed by atoms with van der Waals surface area (Å²) in [5.74, 6) is 2.86. The molecule has 1 atom stereocenters. The number of sulfone groups is 1. The van der Waals surface area contributed by atoms with Crippen molar-refractivity contribution in [3.05, 3.63) is 99.6 Å². The van der Waals surface area contributed by atoms with Crippen LogP contribution in [0.4, 0.5) is 20.2 Å². The lowest BCUT2D eigenvalue weighted by atomic mass is 9.88. The molecule has 2 aliphatic heterocycles. The van der Waals surface area contributed by atoms with E-state index in [-0.39, 0.29) is 51.0 Å². The van der Waals surface area contributed by atoms with Crippen LogP contribution in [0.3, 0.4) is 0 Å². The molecule has 1 amide bonds. The topological polar surface area (TPSA) is 86.7 Å². The number of nitrogens with one attached hydrogen (secondary N) is 1. The predicted octanol–water partition coefficient (Wildman–Crippen LogP) is 6.50. The van der Waals surface area contributed by atoms with Crippen molar-refractivity contribution in [1.82, 2.24) is 0 Å². The van der Waals surface area contributed by atoms with Crippen LogP contribution in [0.1, 0.15) is 61.1 Å². The lowest BCUT2D eigenvalue weighted by molar-refractivity contribution is 0.0976. The minimum absolute atomic E-state index is 0.0613. The zero-order valence-corrected chi connectivity index (χ0v) is 23.8. The summed E-state index contributed by atoms with van der Waals surface area (Å²) < 4.78 is 59.1. The van der Waals surface area contributed by atoms with E-state index in [9.17, 15) is 18.3 Å². The molecule has 9 heteroatoms. The number of rotatable bonds is 4. The van der Waals surface area contributed by atoms with Gasteiger partial charge in [0.1, 0.15) is 29.1 Å². The number of halogens is 2. The van der Waals surface area contributed by atoms with Gasteiger partial charge in [-0.15, -0.1) is 11.8 Å². The van der Waals surface area contributed by atoms with Crippen LogP contribution >= 0.6 is 0 Å². The Bertz CT molecular complexity index is 1750. The first kappa shape index (κ1) is 28.4. The summed E-state index contributed by atoms with van der Waals surface area (Å²) in [5.41, 5.74) is 0.0100. The van der Waals surface area contributed by atoms with Gasteiger partial charge in [0.15, 0.2) is 9.84 Å². The van der Waals surface area contributed by atoms with Crippen molar-refractivity contribution < 1.29 is 27.1 Å². The van der Waals surface area contributed by atoms with Gasteiger partial charge in [0.25, 0.3) is 5.91 Å². The Morgan fingerprint density at radius 1 is 1.10 bits per heavy atom. The Balaban J connectivity index is 1.82. The van der Waals surface area contributed by atoms with Crippen LogP contribution in [0.25, 0.3) is 0 Å². The summed E-state index contributed by atoms with van der Waals surface area (Å²) in [6, 6.07) is 12.7. The van der Waals surface area contributed by atoms with Crippen LogP contribution in [0.5, 0.6) is 5.75 Å². The highest BCUT2D eigenvalue weighted by molar-refractivity contribution is 7.95. The van der Waals surface area contributed by atoms with Gasteiger partial charge in [-0.25, -0.2) is 17.2 Å². The molecule has 0 fully saturated rings. The second kappa shape index (κ2) is 10.7. The molecule has 6 nitrogen and oxygen atoms in total. The molecule has 0 radical (unpaired) electrons. The molecule has 0 aliphatic carbocycles. The van der Waals surface area contributed by atoms with E-state index < -0.39 is 38.8 Å². The number of aromatic hydroxyl groups is 1. The van der Waals surface area contributed by atoms with Gasteiger partial charge in [0.2, 0.25) is 0 Å². The Morgan fingerprint density at radius 3 is 2.56 bits per heavy atom. The van der Waals surface area contributed by atoms with Gasteiger partial charge < -0.3 is 10.4 Å². The molecule has 212 valence electrons. The number of allylic oxidation sites excluding steroid dienone is 1. The number of nitrogens with zero attached hydrogens (tertiary/aromatic N) is 1. The van der Waals surface area contributed by atoms with Crippen molar-refractivity contribution in [3.8, 4) is 17.6 Å². The van der Waals surface area contributed by atoms with Gasteiger partial charge in [-0.2, -0.15) is 0 Å². The number of amides is 1. The maximum absolute atomic E-state index is 16.1. The Morgan fingerprint density at radius 2 is 1.85 bits per heavy atom. The van der Waals surface area contributed by atoms with Crippen LogP contribution in [-0.4, -0.2) is 25.2 Å². The number of carbonyl (C=O) groups is 1. The van der Waals surface area contributed by atoms with Crippen LogP contribution in [0.2, 0.25) is 0 Å². The van der Waals surface area contributed by atoms with Crippen LogP contribution < -0.4 is 10.2 Å². The number of hydrogen-bond acceptors (Lipinski definition) is 5. The maximum atomic E-state index is 16.1. The molecule has 2 heterocycles. The number of anilines is 2. The SMILES string of the molecule is CC#CCCc1ccc([C@@H]2C3=C(CC(C)(C)CS3(=O)=O)Nc3c(O)cccc3N2C(=O)c2ccccc2F)c(F)c1. The third-order valence-electron chi connectivity index (χ3n) is 7.33. The van der Waals surface area contributed by atoms with Gasteiger partial charge in [-0.3, -0.25) is 9.69 Å². The van der Waals surface area contributed by atoms with E-state index in [1.165, 1.54) is 48.5 Å². The molecule has 0 aromatic heterocycles. The zero-order valence-electron chi connectivity index (χ0n) is 23.0. The molecule has 2 aliphatic rings. The van der Waals surface area contributed by atoms with Crippen molar-refractivity contribution in [3.63, 3.8) is 0 Å². The normalized spacial score (nSPS) is 18.8. The highest BCUT2D eigenvalue weighted by Gasteiger charge is 2.48. The highest BCUT2D eigenvalue weighted by atomic mass is 32.2. The summed E-state index contributed by atoms with van der Waals surface area (Å²) in [5, 5.41) is 14.0. The highest BCUT2D eigenvalue weighted by Crippen LogP contribution is 2.52. The molecule has 5 rings (SSSR count). The average molecular weight is 577 g/mol. The Labute approximate surface area is 238 Å². The van der Waals surface area contributed by atoms with Gasteiger partial charge in [0, 0.05) is 17.7 Å². The number of aryl methyl sites for hydroxylation is 1. The van der Waals surface area contributed by atoms with Gasteiger partial charge in [-0.1, -0.05) is 44.2 Å². The number of phenolic OH excluding ortho intramolecular Hbond substituents is 1. The third-order valence-corrected chi connectivity index (χ3v) is 9.63. The van der Waals surface area contributed by atoms with E-state index in [0.717, 1.165) is 11.0 Å². The fraction of sp³-hybridized carbons (Fsp3) is 0.281. The second-order valence-corrected chi connectivity index (χ2v) is 13.0. The number of carbonyl (C=O) groups excluding carboxylic acids is 1. The summed E-state index contributed by atoms with van der Waals surface area (Å²) in [7, 11) is -4.08. The van der Waals surface area contributed by atoms with E-state index in [1.807, 2.05) is 0 Å². The molecule has 0 saturated carbocycles. The number of phenols is 1. The number of para-hydroxylation sites is 1. The van der Waals surface area contributed by atoms with Crippen molar-refractivity contribution >= 4 is 27.1 Å². The number of benzene rings is 3. The molecule has 0 spiro atoms. The predicted molar refractivity (Wildman–Crippen MR) is 155 cm³/mol. The largest absolute Gasteiger partial charge is 0.506 e. The molecule has 0 bridgehead atoms. The molecule has 41 heavy (non-hydrogen) atoms. The van der Waals surface area contributed by atoms with E-state index in [4.69, 9.17) is 0 Å². The number of fused-ring (bicyclic) bond motifs is 1. The molecular weight excluding hydrogens is 546 g/mol. The quantitative estimate of drug-likeness (QED) is 0.274. The average Bonchev–Trinajstić information content (AvgIpc) is 3.03. The van der Waals surface area contributed by atoms with E-state index >= 15 is 8.78 Å². The van der Waals surface area contributed by atoms with E-state index in [0.29, 0.717) is 18.4 Å². The zero-order chi connectivity index (χ0) is 29.5. The molecule has 0 saturated heterocycles. The minimum atomic E-state index is -4.08. The Hall–Kier alpha value is -4.16. The van der Waals surface area contributed by atoms with Gasteiger partial charge in [-0.05, 0) is 61.1 Å². The summed E-state index contributed by atoms with van der Waals surface area (Å²) in [4.78, 5) is 15.1. The van der Waals surface area contributed by atoms with Crippen LogP contribution in [0, 0.1) is 28.9 Å². The van der Waals surface area contributed by atoms with Gasteiger partial charge >= 0.3 is 0 Å². The monoisotopic (exact) mass is 576 g/mol. The van der Waals surface area contributed by atoms with Crippen LogP contribution in [0.15, 0.2) is 71.3 Å². The molecular formula is C32H30F2N2O4S. The second-order valence-electron chi connectivity index (χ2n) is 11.1. The van der Waals surface area contributed by atoms with Crippen molar-refractivity contribution in [2.45, 2.75) is 46.1 Å². The van der Waals surface area contributed by atoms with Crippen molar-refractivity contribution in [1.29, 1.82) is 0 Å². The standard InChI is InChI=1S/C32H30F2N2O4S/c1-4-5-6-10-20-15-16-21(24(34)17-20)29-30-25(18-32(2,3)19-41(30,39)40)35-28-26(13-9-14-27(28)37)36(29)31(38)22-11-7-8-12-23(22)33/h7-9,11-17,29,35,37H,6,10,18-19H2,1-3H3/t29-/m1/s1. The first-order valence-corrected chi connectivity index (χ1v) is 14.9. The van der Waals surface area contributed by atoms with Crippen LogP contribution in [-0.2, 0) is 16.3 Å². The lowest BCUT2D eigenvalue weighted by Gasteiger charge is -2.37. The first-order valence-electron chi connectivity index (χ1n) is 13.2. The maximum Gasteiger partial charge on any atom is 0.262 e. The molecule has 3 aromatic rings. The molecule has 2 N–H and O–H groups in total. The lowest BCUT2D eigenvalue weighted by Crippen LogP contribution is -2.41. The summed E-state index contributed by atoms with van der Waals surface area (Å²) in [6.45, 7) is 5.33. The minimum Gasteiger partial charge on any atom is -0.506 e. The van der Waals surface area contributed by atoms with Crippen molar-refractivity contribution in [2.75, 3.05) is 16.0 Å². The van der Waals surface area contributed by atoms with E-state index in [1.54, 1.807) is 26.8 Å². The Kier molecular flexibility index (Phi) is 7.39. The fourth-order valence-electron chi connectivity index (χ4n) is 5.65. The molecule has 3 aromatic carbocycles. The first-order chi connectivity index (χ1) is 19.4.